The van der Waals surface area contributed by atoms with Gasteiger partial charge in [0, 0.05) is 20.1 Å². The molecule has 1 N–H and O–H groups in total. The van der Waals surface area contributed by atoms with Crippen LogP contribution in [0.25, 0.3) is 0 Å². The van der Waals surface area contributed by atoms with Gasteiger partial charge in [0.15, 0.2) is 5.96 Å². The Balaban J connectivity index is 2.06. The van der Waals surface area contributed by atoms with Crippen LogP contribution in [-0.4, -0.2) is 55.5 Å². The van der Waals surface area contributed by atoms with Gasteiger partial charge >= 0.3 is 0 Å². The fourth-order valence-corrected chi connectivity index (χ4v) is 3.06. The van der Waals surface area contributed by atoms with E-state index in [1.165, 1.54) is 25.7 Å². The Hall–Kier alpha value is -1.49. The highest BCUT2D eigenvalue weighted by Crippen LogP contribution is 2.25. The van der Waals surface area contributed by atoms with Gasteiger partial charge in [-0.05, 0) is 51.4 Å². The van der Waals surface area contributed by atoms with Gasteiger partial charge < -0.3 is 14.6 Å². The van der Waals surface area contributed by atoms with Crippen molar-refractivity contribution in [2.24, 2.45) is 4.99 Å². The third-order valence-electron chi connectivity index (χ3n) is 4.41. The first kappa shape index (κ1) is 17.9. The fraction of sp³-hybridized carbons (Fsp3) is 0.722. The number of nitrogens with zero attached hydrogens (tertiary/aromatic N) is 3. The standard InChI is InChI=1S/C18H32N4O/c1-4-6-11-21(3)18(19-5-2)20-15-16(17-10-9-14-23-17)22-12-7-8-13-22/h9-10,14,16H,4-8,11-13,15H2,1-3H3,(H,19,20). The van der Waals surface area contributed by atoms with E-state index < -0.39 is 0 Å². The largest absolute Gasteiger partial charge is 0.468 e. The lowest BCUT2D eigenvalue weighted by Gasteiger charge is -2.26. The Labute approximate surface area is 140 Å². The van der Waals surface area contributed by atoms with Crippen LogP contribution in [-0.2, 0) is 0 Å². The topological polar surface area (TPSA) is 44.0 Å². The second-order valence-corrected chi connectivity index (χ2v) is 6.24. The van der Waals surface area contributed by atoms with E-state index in [2.05, 4.69) is 42.1 Å². The molecule has 0 radical (unpaired) electrons. The number of aliphatic imine (C=N–C) groups is 1. The zero-order chi connectivity index (χ0) is 16.5. The average molecular weight is 320 g/mol. The minimum atomic E-state index is 0.251. The molecule has 5 nitrogen and oxygen atoms in total. The molecule has 2 heterocycles. The lowest BCUT2D eigenvalue weighted by Crippen LogP contribution is -2.40. The van der Waals surface area contributed by atoms with Crippen molar-refractivity contribution in [2.45, 2.75) is 45.6 Å². The van der Waals surface area contributed by atoms with Crippen LogP contribution in [0.3, 0.4) is 0 Å². The van der Waals surface area contributed by atoms with Crippen LogP contribution in [0.5, 0.6) is 0 Å². The number of unbranched alkanes of at least 4 members (excludes halogenated alkanes) is 1. The molecule has 1 aromatic rings. The maximum atomic E-state index is 5.68. The van der Waals surface area contributed by atoms with Crippen molar-refractivity contribution in [1.82, 2.24) is 15.1 Å². The Morgan fingerprint density at radius 1 is 1.39 bits per heavy atom. The molecule has 1 aliphatic heterocycles. The monoisotopic (exact) mass is 320 g/mol. The first-order valence-electron chi connectivity index (χ1n) is 9.03. The summed E-state index contributed by atoms with van der Waals surface area (Å²) in [6, 6.07) is 4.30. The summed E-state index contributed by atoms with van der Waals surface area (Å²) in [6.07, 6.45) is 6.71. The number of likely N-dealkylation sites (tertiary alicyclic amines) is 1. The molecule has 0 saturated carbocycles. The second kappa shape index (κ2) is 9.60. The molecule has 1 saturated heterocycles. The van der Waals surface area contributed by atoms with Crippen LogP contribution >= 0.6 is 0 Å². The summed E-state index contributed by atoms with van der Waals surface area (Å²) >= 11 is 0. The van der Waals surface area contributed by atoms with E-state index in [0.29, 0.717) is 0 Å². The molecule has 0 aromatic carbocycles. The van der Waals surface area contributed by atoms with Gasteiger partial charge in [-0.1, -0.05) is 13.3 Å². The lowest BCUT2D eigenvalue weighted by atomic mass is 10.2. The first-order valence-corrected chi connectivity index (χ1v) is 9.03. The summed E-state index contributed by atoms with van der Waals surface area (Å²) < 4.78 is 5.68. The van der Waals surface area contributed by atoms with Gasteiger partial charge in [0.25, 0.3) is 0 Å². The summed E-state index contributed by atoms with van der Waals surface area (Å²) in [7, 11) is 2.12. The zero-order valence-corrected chi connectivity index (χ0v) is 14.9. The predicted molar refractivity (Wildman–Crippen MR) is 95.8 cm³/mol. The van der Waals surface area contributed by atoms with Gasteiger partial charge in [-0.25, -0.2) is 0 Å². The predicted octanol–water partition coefficient (Wildman–Crippen LogP) is 3.11. The summed E-state index contributed by atoms with van der Waals surface area (Å²) in [5.41, 5.74) is 0. The molecule has 0 aliphatic carbocycles. The quantitative estimate of drug-likeness (QED) is 0.590. The van der Waals surface area contributed by atoms with Crippen LogP contribution in [0.15, 0.2) is 27.8 Å². The van der Waals surface area contributed by atoms with Crippen molar-refractivity contribution in [3.63, 3.8) is 0 Å². The molecule has 1 aliphatic rings. The molecule has 1 unspecified atom stereocenters. The summed E-state index contributed by atoms with van der Waals surface area (Å²) in [4.78, 5) is 9.63. The molecular weight excluding hydrogens is 288 g/mol. The number of furan rings is 1. The minimum Gasteiger partial charge on any atom is -0.468 e. The highest BCUT2D eigenvalue weighted by atomic mass is 16.3. The van der Waals surface area contributed by atoms with Crippen molar-refractivity contribution in [3.8, 4) is 0 Å². The van der Waals surface area contributed by atoms with Gasteiger partial charge in [0.2, 0.25) is 0 Å². The third kappa shape index (κ3) is 5.27. The van der Waals surface area contributed by atoms with E-state index >= 15 is 0 Å². The van der Waals surface area contributed by atoms with E-state index in [-0.39, 0.29) is 6.04 Å². The van der Waals surface area contributed by atoms with E-state index in [0.717, 1.165) is 44.4 Å². The molecule has 1 atom stereocenters. The van der Waals surface area contributed by atoms with E-state index in [1.54, 1.807) is 6.26 Å². The normalized spacial score (nSPS) is 17.4. The van der Waals surface area contributed by atoms with E-state index in [1.807, 2.05) is 6.07 Å². The van der Waals surface area contributed by atoms with Crippen molar-refractivity contribution >= 4 is 5.96 Å². The third-order valence-corrected chi connectivity index (χ3v) is 4.41. The van der Waals surface area contributed by atoms with Crippen molar-refractivity contribution < 1.29 is 4.42 Å². The maximum Gasteiger partial charge on any atom is 0.193 e. The van der Waals surface area contributed by atoms with Gasteiger partial charge in [0.1, 0.15) is 5.76 Å². The van der Waals surface area contributed by atoms with E-state index in [4.69, 9.17) is 9.41 Å². The number of nitrogens with one attached hydrogen (secondary N) is 1. The minimum absolute atomic E-state index is 0.251. The smallest absolute Gasteiger partial charge is 0.193 e. The van der Waals surface area contributed by atoms with Crippen LogP contribution in [0, 0.1) is 0 Å². The number of rotatable bonds is 8. The van der Waals surface area contributed by atoms with Crippen molar-refractivity contribution in [1.29, 1.82) is 0 Å². The van der Waals surface area contributed by atoms with Crippen LogP contribution in [0.1, 0.15) is 51.3 Å². The molecule has 1 aromatic heterocycles. The molecule has 23 heavy (non-hydrogen) atoms. The van der Waals surface area contributed by atoms with Gasteiger partial charge in [-0.2, -0.15) is 0 Å². The van der Waals surface area contributed by atoms with Gasteiger partial charge in [-0.3, -0.25) is 9.89 Å². The fourth-order valence-electron chi connectivity index (χ4n) is 3.06. The van der Waals surface area contributed by atoms with Crippen molar-refractivity contribution in [2.75, 3.05) is 39.8 Å². The Morgan fingerprint density at radius 2 is 2.17 bits per heavy atom. The molecular formula is C18H32N4O. The Morgan fingerprint density at radius 3 is 2.78 bits per heavy atom. The van der Waals surface area contributed by atoms with Crippen LogP contribution in [0.2, 0.25) is 0 Å². The highest BCUT2D eigenvalue weighted by Gasteiger charge is 2.25. The summed E-state index contributed by atoms with van der Waals surface area (Å²) in [5, 5.41) is 3.41. The highest BCUT2D eigenvalue weighted by molar-refractivity contribution is 5.79. The SMILES string of the molecule is CCCCN(C)C(=NCC(c1ccco1)N1CCCC1)NCC. The molecule has 130 valence electrons. The lowest BCUT2D eigenvalue weighted by molar-refractivity contribution is 0.220. The zero-order valence-electron chi connectivity index (χ0n) is 14.9. The van der Waals surface area contributed by atoms with Crippen LogP contribution in [0.4, 0.5) is 0 Å². The van der Waals surface area contributed by atoms with Crippen LogP contribution < -0.4 is 5.32 Å². The second-order valence-electron chi connectivity index (χ2n) is 6.24. The molecule has 2 rings (SSSR count). The summed E-state index contributed by atoms with van der Waals surface area (Å²) in [6.45, 7) is 9.30. The Kier molecular flexibility index (Phi) is 7.46. The summed E-state index contributed by atoms with van der Waals surface area (Å²) in [5.74, 6) is 2.03. The van der Waals surface area contributed by atoms with E-state index in [9.17, 15) is 0 Å². The van der Waals surface area contributed by atoms with Gasteiger partial charge in [0.05, 0.1) is 18.8 Å². The molecule has 0 spiro atoms. The molecule has 0 amide bonds. The van der Waals surface area contributed by atoms with Crippen molar-refractivity contribution in [3.05, 3.63) is 24.2 Å². The Bertz CT molecular complexity index is 452. The van der Waals surface area contributed by atoms with Gasteiger partial charge in [-0.15, -0.1) is 0 Å². The number of guanidine groups is 1. The molecule has 0 bridgehead atoms. The molecule has 5 heteroatoms. The average Bonchev–Trinajstić information content (AvgIpc) is 3.25. The first-order chi connectivity index (χ1) is 11.3. The number of hydrogen-bond acceptors (Lipinski definition) is 3. The molecule has 1 fully saturated rings. The number of hydrogen-bond donors (Lipinski definition) is 1. The maximum absolute atomic E-state index is 5.68.